The van der Waals surface area contributed by atoms with E-state index >= 15 is 0 Å². The Balaban J connectivity index is 1.49. The largest absolute Gasteiger partial charge is 0.455 e. The first-order valence-corrected chi connectivity index (χ1v) is 9.97. The predicted molar refractivity (Wildman–Crippen MR) is 126 cm³/mol. The highest BCUT2D eigenvalue weighted by molar-refractivity contribution is 5.78. The molecule has 0 unspecified atom stereocenters. The molecule has 0 fully saturated rings. The van der Waals surface area contributed by atoms with E-state index in [9.17, 15) is 14.5 Å². The summed E-state index contributed by atoms with van der Waals surface area (Å²) in [5, 5.41) is 18.1. The van der Waals surface area contributed by atoms with Crippen molar-refractivity contribution >= 4 is 35.4 Å². The zero-order chi connectivity index (χ0) is 24.1. The highest BCUT2D eigenvalue weighted by Gasteiger charge is 2.11. The number of hydrogen-bond acceptors (Lipinski definition) is 10. The second-order valence-electron chi connectivity index (χ2n) is 7.19. The number of non-ortho nitro benzene ring substituents is 1. The van der Waals surface area contributed by atoms with Crippen LogP contribution >= 0.6 is 0 Å². The fourth-order valence-corrected chi connectivity index (χ4v) is 2.84. The predicted octanol–water partition coefficient (Wildman–Crippen LogP) is 4.43. The number of rotatable bonds is 8. The van der Waals surface area contributed by atoms with E-state index in [1.807, 2.05) is 0 Å². The SMILES string of the molecule is CN(C)c1nc(N/N=C\c2ccc(-c3cccc([N+](=O)[O-])c3)o2)nc(Nc2ccc(F)cc2)n1. The van der Waals surface area contributed by atoms with E-state index in [2.05, 4.69) is 30.8 Å². The van der Waals surface area contributed by atoms with Gasteiger partial charge in [-0.1, -0.05) is 12.1 Å². The summed E-state index contributed by atoms with van der Waals surface area (Å²) in [4.78, 5) is 25.1. The van der Waals surface area contributed by atoms with Crippen LogP contribution in [0, 0.1) is 15.9 Å². The first kappa shape index (κ1) is 22.3. The maximum absolute atomic E-state index is 13.2. The van der Waals surface area contributed by atoms with Crippen LogP contribution in [0.2, 0.25) is 0 Å². The van der Waals surface area contributed by atoms with Crippen LogP contribution in [0.25, 0.3) is 11.3 Å². The Morgan fingerprint density at radius 3 is 2.56 bits per heavy atom. The first-order chi connectivity index (χ1) is 16.4. The number of nitrogens with one attached hydrogen (secondary N) is 2. The Bertz CT molecular complexity index is 1340. The summed E-state index contributed by atoms with van der Waals surface area (Å²) in [6.45, 7) is 0. The summed E-state index contributed by atoms with van der Waals surface area (Å²) in [6, 6.07) is 15.3. The summed E-state index contributed by atoms with van der Waals surface area (Å²) in [7, 11) is 3.56. The fraction of sp³-hybridized carbons (Fsp3) is 0.0909. The van der Waals surface area contributed by atoms with E-state index in [4.69, 9.17) is 4.42 Å². The summed E-state index contributed by atoms with van der Waals surface area (Å²) in [5.74, 6) is 1.33. The van der Waals surface area contributed by atoms with Gasteiger partial charge in [0.1, 0.15) is 17.3 Å². The standard InChI is InChI=1S/C22H19FN8O3/c1-30(2)22-27-20(25-16-8-6-15(23)7-9-16)26-21(28-22)29-24-13-18-10-11-19(34-18)14-4-3-5-17(12-14)31(32)33/h3-13H,1-2H3,(H2,25,26,27,28,29)/b24-13-. The molecule has 4 aromatic rings. The maximum atomic E-state index is 13.2. The second kappa shape index (κ2) is 9.73. The van der Waals surface area contributed by atoms with Crippen molar-refractivity contribution in [3.05, 3.63) is 82.4 Å². The van der Waals surface area contributed by atoms with Crippen molar-refractivity contribution in [2.45, 2.75) is 0 Å². The average molecular weight is 462 g/mol. The smallest absolute Gasteiger partial charge is 0.270 e. The van der Waals surface area contributed by atoms with Crippen LogP contribution in [-0.2, 0) is 0 Å². The number of nitro groups is 1. The molecule has 0 spiro atoms. The molecule has 11 nitrogen and oxygen atoms in total. The molecule has 0 amide bonds. The Morgan fingerprint density at radius 1 is 1.06 bits per heavy atom. The van der Waals surface area contributed by atoms with Crippen LogP contribution in [0.3, 0.4) is 0 Å². The van der Waals surface area contributed by atoms with Crippen molar-refractivity contribution in [3.8, 4) is 11.3 Å². The number of nitro benzene ring substituents is 1. The third-order valence-electron chi connectivity index (χ3n) is 4.45. The van der Waals surface area contributed by atoms with Gasteiger partial charge in [-0.05, 0) is 36.4 Å². The quantitative estimate of drug-likeness (QED) is 0.221. The van der Waals surface area contributed by atoms with Gasteiger partial charge in [-0.2, -0.15) is 20.1 Å². The molecule has 0 saturated heterocycles. The Hall–Kier alpha value is -4.87. The molecule has 0 aliphatic rings. The van der Waals surface area contributed by atoms with E-state index in [-0.39, 0.29) is 23.4 Å². The Morgan fingerprint density at radius 2 is 1.82 bits per heavy atom. The van der Waals surface area contributed by atoms with Crippen LogP contribution in [0.1, 0.15) is 5.76 Å². The minimum Gasteiger partial charge on any atom is -0.455 e. The third-order valence-corrected chi connectivity index (χ3v) is 4.45. The minimum atomic E-state index is -0.464. The topological polar surface area (TPSA) is 135 Å². The summed E-state index contributed by atoms with van der Waals surface area (Å²) in [5.41, 5.74) is 3.89. The number of benzene rings is 2. The van der Waals surface area contributed by atoms with Crippen molar-refractivity contribution in [2.24, 2.45) is 5.10 Å². The van der Waals surface area contributed by atoms with Gasteiger partial charge in [0.05, 0.1) is 11.1 Å². The number of halogens is 1. The van der Waals surface area contributed by atoms with E-state index < -0.39 is 4.92 Å². The Kier molecular flexibility index (Phi) is 6.39. The fourth-order valence-electron chi connectivity index (χ4n) is 2.84. The molecule has 0 aliphatic carbocycles. The first-order valence-electron chi connectivity index (χ1n) is 9.97. The molecule has 2 aromatic heterocycles. The van der Waals surface area contributed by atoms with Gasteiger partial charge in [-0.3, -0.25) is 10.1 Å². The summed E-state index contributed by atoms with van der Waals surface area (Å²) >= 11 is 0. The number of nitrogens with zero attached hydrogens (tertiary/aromatic N) is 6. The molecule has 2 aromatic carbocycles. The molecule has 34 heavy (non-hydrogen) atoms. The Labute approximate surface area is 193 Å². The monoisotopic (exact) mass is 462 g/mol. The van der Waals surface area contributed by atoms with Crippen molar-refractivity contribution in [1.82, 2.24) is 15.0 Å². The van der Waals surface area contributed by atoms with E-state index in [0.717, 1.165) is 0 Å². The molecule has 2 heterocycles. The van der Waals surface area contributed by atoms with Crippen LogP contribution in [0.15, 0.2) is 70.2 Å². The minimum absolute atomic E-state index is 0.0256. The molecule has 2 N–H and O–H groups in total. The number of hydrogen-bond donors (Lipinski definition) is 2. The number of anilines is 4. The van der Waals surface area contributed by atoms with Crippen LogP contribution in [-0.4, -0.2) is 40.2 Å². The van der Waals surface area contributed by atoms with Crippen molar-refractivity contribution in [1.29, 1.82) is 0 Å². The second-order valence-corrected chi connectivity index (χ2v) is 7.19. The average Bonchev–Trinajstić information content (AvgIpc) is 3.29. The van der Waals surface area contributed by atoms with E-state index in [1.165, 1.54) is 30.5 Å². The molecule has 0 aliphatic heterocycles. The normalized spacial score (nSPS) is 10.9. The molecule has 172 valence electrons. The van der Waals surface area contributed by atoms with Crippen LogP contribution < -0.4 is 15.6 Å². The highest BCUT2D eigenvalue weighted by atomic mass is 19.1. The van der Waals surface area contributed by atoms with E-state index in [1.54, 1.807) is 55.4 Å². The van der Waals surface area contributed by atoms with Crippen molar-refractivity contribution in [2.75, 3.05) is 29.7 Å². The third kappa shape index (κ3) is 5.48. The maximum Gasteiger partial charge on any atom is 0.270 e. The molecule has 0 radical (unpaired) electrons. The number of furan rings is 1. The van der Waals surface area contributed by atoms with Gasteiger partial charge in [0, 0.05) is 37.5 Å². The lowest BCUT2D eigenvalue weighted by atomic mass is 10.1. The molecule has 4 rings (SSSR count). The van der Waals surface area contributed by atoms with Gasteiger partial charge >= 0.3 is 0 Å². The molecular weight excluding hydrogens is 443 g/mol. The molecule has 12 heteroatoms. The zero-order valence-electron chi connectivity index (χ0n) is 18.1. The lowest BCUT2D eigenvalue weighted by molar-refractivity contribution is -0.384. The lowest BCUT2D eigenvalue weighted by Crippen LogP contribution is -2.15. The molecule has 0 atom stereocenters. The van der Waals surface area contributed by atoms with Gasteiger partial charge in [-0.15, -0.1) is 0 Å². The van der Waals surface area contributed by atoms with Crippen LogP contribution in [0.5, 0.6) is 0 Å². The molecule has 0 bridgehead atoms. The van der Waals surface area contributed by atoms with E-state index in [0.29, 0.717) is 28.7 Å². The van der Waals surface area contributed by atoms with Gasteiger partial charge in [0.25, 0.3) is 5.69 Å². The van der Waals surface area contributed by atoms with Gasteiger partial charge in [-0.25, -0.2) is 9.82 Å². The molecule has 0 saturated carbocycles. The highest BCUT2D eigenvalue weighted by Crippen LogP contribution is 2.25. The number of aromatic nitrogens is 3. The van der Waals surface area contributed by atoms with Gasteiger partial charge in [0.2, 0.25) is 17.8 Å². The number of hydrazone groups is 1. The molecular formula is C22H19FN8O3. The lowest BCUT2D eigenvalue weighted by Gasteiger charge is -2.13. The van der Waals surface area contributed by atoms with Gasteiger partial charge < -0.3 is 14.6 Å². The summed E-state index contributed by atoms with van der Waals surface area (Å²) < 4.78 is 18.9. The van der Waals surface area contributed by atoms with Crippen molar-refractivity contribution < 1.29 is 13.7 Å². The van der Waals surface area contributed by atoms with Gasteiger partial charge in [0.15, 0.2) is 0 Å². The zero-order valence-corrected chi connectivity index (χ0v) is 18.1. The van der Waals surface area contributed by atoms with Crippen LogP contribution in [0.4, 0.5) is 33.6 Å². The van der Waals surface area contributed by atoms with Crippen molar-refractivity contribution in [3.63, 3.8) is 0 Å². The summed E-state index contributed by atoms with van der Waals surface area (Å²) in [6.07, 6.45) is 1.42.